The van der Waals surface area contributed by atoms with Crippen LogP contribution in [0.4, 0.5) is 4.79 Å². The number of amides is 2. The van der Waals surface area contributed by atoms with Gasteiger partial charge in [-0.3, -0.25) is 9.69 Å². The molecule has 1 aliphatic carbocycles. The molecule has 1 saturated heterocycles. The lowest BCUT2D eigenvalue weighted by Crippen LogP contribution is -2.53. The molecule has 1 aliphatic heterocycles. The standard InChI is InChI=1S/C22H30N4O3/c1-29-19-7-8-20-16(14-19)13-17(21(27)24-20)15-25-9-11-26(12-10-25)22(28)23-18-5-3-2-4-6-18/h7-8,13-14,18H,2-6,9-12,15H2,1H3,(H,23,28)(H,24,27). The Kier molecular flexibility index (Phi) is 6.04. The third-order valence-electron chi connectivity index (χ3n) is 6.11. The molecule has 2 amide bonds. The molecule has 2 N–H and O–H groups in total. The Bertz CT molecular complexity index is 912. The number of H-pyrrole nitrogens is 1. The summed E-state index contributed by atoms with van der Waals surface area (Å²) in [6, 6.07) is 7.98. The van der Waals surface area contributed by atoms with E-state index in [0.29, 0.717) is 25.7 Å². The van der Waals surface area contributed by atoms with Gasteiger partial charge >= 0.3 is 6.03 Å². The smallest absolute Gasteiger partial charge is 0.317 e. The number of methoxy groups -OCH3 is 1. The van der Waals surface area contributed by atoms with Crippen LogP contribution in [0.3, 0.4) is 0 Å². The highest BCUT2D eigenvalue weighted by Gasteiger charge is 2.24. The Labute approximate surface area is 171 Å². The van der Waals surface area contributed by atoms with E-state index in [4.69, 9.17) is 4.74 Å². The van der Waals surface area contributed by atoms with E-state index in [2.05, 4.69) is 15.2 Å². The van der Waals surface area contributed by atoms with Gasteiger partial charge in [0.25, 0.3) is 5.56 Å². The van der Waals surface area contributed by atoms with Crippen molar-refractivity contribution in [3.05, 3.63) is 40.2 Å². The lowest BCUT2D eigenvalue weighted by Gasteiger charge is -2.36. The van der Waals surface area contributed by atoms with Crippen LogP contribution in [0, 0.1) is 0 Å². The molecule has 2 aromatic rings. The molecule has 156 valence electrons. The van der Waals surface area contributed by atoms with Crippen LogP contribution < -0.4 is 15.6 Å². The number of benzene rings is 1. The molecule has 7 nitrogen and oxygen atoms in total. The maximum absolute atomic E-state index is 12.5. The number of aromatic nitrogens is 1. The maximum atomic E-state index is 12.5. The monoisotopic (exact) mass is 398 g/mol. The average Bonchev–Trinajstić information content (AvgIpc) is 2.75. The highest BCUT2D eigenvalue weighted by molar-refractivity contribution is 5.80. The van der Waals surface area contributed by atoms with Gasteiger partial charge in [-0.1, -0.05) is 19.3 Å². The van der Waals surface area contributed by atoms with E-state index in [-0.39, 0.29) is 11.6 Å². The van der Waals surface area contributed by atoms with E-state index in [9.17, 15) is 9.59 Å². The lowest BCUT2D eigenvalue weighted by atomic mass is 9.96. The van der Waals surface area contributed by atoms with E-state index < -0.39 is 0 Å². The summed E-state index contributed by atoms with van der Waals surface area (Å²) in [6.45, 7) is 3.51. The van der Waals surface area contributed by atoms with Crippen molar-refractivity contribution in [1.82, 2.24) is 20.1 Å². The van der Waals surface area contributed by atoms with Crippen molar-refractivity contribution in [1.29, 1.82) is 0 Å². The number of urea groups is 1. The number of rotatable bonds is 4. The predicted octanol–water partition coefficient (Wildman–Crippen LogP) is 2.70. The van der Waals surface area contributed by atoms with Crippen LogP contribution in [0.2, 0.25) is 0 Å². The van der Waals surface area contributed by atoms with Gasteiger partial charge in [-0.25, -0.2) is 4.79 Å². The van der Waals surface area contributed by atoms with Gasteiger partial charge in [0.05, 0.1) is 7.11 Å². The van der Waals surface area contributed by atoms with Crippen LogP contribution >= 0.6 is 0 Å². The number of nitrogens with one attached hydrogen (secondary N) is 2. The molecule has 0 unspecified atom stereocenters. The molecule has 2 aliphatic rings. The fraction of sp³-hybridized carbons (Fsp3) is 0.545. The Hall–Kier alpha value is -2.54. The summed E-state index contributed by atoms with van der Waals surface area (Å²) in [5.41, 5.74) is 1.50. The largest absolute Gasteiger partial charge is 0.497 e. The fourth-order valence-electron chi connectivity index (χ4n) is 4.34. The average molecular weight is 399 g/mol. The summed E-state index contributed by atoms with van der Waals surface area (Å²) < 4.78 is 5.29. The number of piperazine rings is 1. The van der Waals surface area contributed by atoms with Gasteiger partial charge in [-0.2, -0.15) is 0 Å². The number of pyridine rings is 1. The van der Waals surface area contributed by atoms with Gasteiger partial charge < -0.3 is 19.9 Å². The van der Waals surface area contributed by atoms with E-state index in [0.717, 1.165) is 48.1 Å². The molecule has 1 saturated carbocycles. The van der Waals surface area contributed by atoms with Crippen molar-refractivity contribution in [3.63, 3.8) is 0 Å². The van der Waals surface area contributed by atoms with Crippen molar-refractivity contribution in [3.8, 4) is 5.75 Å². The van der Waals surface area contributed by atoms with Gasteiger partial charge in [0.15, 0.2) is 0 Å². The second kappa shape index (κ2) is 8.86. The number of aromatic amines is 1. The van der Waals surface area contributed by atoms with Crippen molar-refractivity contribution in [2.75, 3.05) is 33.3 Å². The molecular formula is C22H30N4O3. The van der Waals surface area contributed by atoms with E-state index in [1.165, 1.54) is 19.3 Å². The SMILES string of the molecule is COc1ccc2[nH]c(=O)c(CN3CCN(C(=O)NC4CCCCC4)CC3)cc2c1. The molecule has 2 heterocycles. The third-order valence-corrected chi connectivity index (χ3v) is 6.11. The first-order valence-electron chi connectivity index (χ1n) is 10.6. The van der Waals surface area contributed by atoms with Crippen LogP contribution in [0.5, 0.6) is 5.75 Å². The van der Waals surface area contributed by atoms with Gasteiger partial charge in [0.2, 0.25) is 0 Å². The molecule has 0 bridgehead atoms. The first-order valence-corrected chi connectivity index (χ1v) is 10.6. The molecule has 0 atom stereocenters. The normalized spacial score (nSPS) is 18.7. The molecule has 0 radical (unpaired) electrons. The van der Waals surface area contributed by atoms with Crippen molar-refractivity contribution in [2.45, 2.75) is 44.7 Å². The number of fused-ring (bicyclic) bond motifs is 1. The zero-order valence-electron chi connectivity index (χ0n) is 17.1. The highest BCUT2D eigenvalue weighted by atomic mass is 16.5. The molecule has 29 heavy (non-hydrogen) atoms. The first kappa shape index (κ1) is 19.8. The van der Waals surface area contributed by atoms with Gasteiger partial charge in [-0.15, -0.1) is 0 Å². The second-order valence-electron chi connectivity index (χ2n) is 8.12. The summed E-state index contributed by atoms with van der Waals surface area (Å²) in [4.78, 5) is 32.1. The molecule has 0 spiro atoms. The number of hydrogen-bond acceptors (Lipinski definition) is 4. The molecular weight excluding hydrogens is 368 g/mol. The minimum Gasteiger partial charge on any atom is -0.497 e. The minimum atomic E-state index is -0.0554. The quantitative estimate of drug-likeness (QED) is 0.830. The molecule has 2 fully saturated rings. The van der Waals surface area contributed by atoms with Crippen molar-refractivity contribution >= 4 is 16.9 Å². The summed E-state index contributed by atoms with van der Waals surface area (Å²) in [5, 5.41) is 4.16. The highest BCUT2D eigenvalue weighted by Crippen LogP contribution is 2.20. The fourth-order valence-corrected chi connectivity index (χ4v) is 4.34. The van der Waals surface area contributed by atoms with Crippen molar-refractivity contribution in [2.24, 2.45) is 0 Å². The van der Waals surface area contributed by atoms with Crippen LogP contribution in [0.1, 0.15) is 37.7 Å². The molecule has 1 aromatic heterocycles. The Morgan fingerprint density at radius 2 is 1.90 bits per heavy atom. The third kappa shape index (κ3) is 4.72. The number of hydrogen-bond donors (Lipinski definition) is 2. The van der Waals surface area contributed by atoms with Gasteiger partial charge in [0.1, 0.15) is 5.75 Å². The number of nitrogens with zero attached hydrogens (tertiary/aromatic N) is 2. The summed E-state index contributed by atoms with van der Waals surface area (Å²) in [5.74, 6) is 0.771. The summed E-state index contributed by atoms with van der Waals surface area (Å²) in [7, 11) is 1.64. The Morgan fingerprint density at radius 1 is 1.14 bits per heavy atom. The first-order chi connectivity index (χ1) is 14.1. The van der Waals surface area contributed by atoms with E-state index in [1.807, 2.05) is 29.2 Å². The summed E-state index contributed by atoms with van der Waals surface area (Å²) in [6.07, 6.45) is 5.91. The Morgan fingerprint density at radius 3 is 2.62 bits per heavy atom. The molecule has 4 rings (SSSR count). The van der Waals surface area contributed by atoms with Gasteiger partial charge in [-0.05, 0) is 37.1 Å². The van der Waals surface area contributed by atoms with E-state index >= 15 is 0 Å². The zero-order chi connectivity index (χ0) is 20.2. The van der Waals surface area contributed by atoms with Crippen molar-refractivity contribution < 1.29 is 9.53 Å². The molecule has 7 heteroatoms. The molecule has 1 aromatic carbocycles. The lowest BCUT2D eigenvalue weighted by molar-refractivity contribution is 0.131. The number of carbonyl (C=O) groups is 1. The zero-order valence-corrected chi connectivity index (χ0v) is 17.1. The number of ether oxygens (including phenoxy) is 1. The predicted molar refractivity (Wildman–Crippen MR) is 113 cm³/mol. The van der Waals surface area contributed by atoms with E-state index in [1.54, 1.807) is 7.11 Å². The van der Waals surface area contributed by atoms with Crippen LogP contribution in [-0.4, -0.2) is 60.1 Å². The minimum absolute atomic E-state index is 0.0554. The Balaban J connectivity index is 1.35. The van der Waals surface area contributed by atoms with Crippen LogP contribution in [0.25, 0.3) is 10.9 Å². The second-order valence-corrected chi connectivity index (χ2v) is 8.12. The number of carbonyl (C=O) groups excluding carboxylic acids is 1. The maximum Gasteiger partial charge on any atom is 0.317 e. The topological polar surface area (TPSA) is 77.7 Å². The van der Waals surface area contributed by atoms with Crippen LogP contribution in [-0.2, 0) is 6.54 Å². The summed E-state index contributed by atoms with van der Waals surface area (Å²) >= 11 is 0. The van der Waals surface area contributed by atoms with Crippen LogP contribution in [0.15, 0.2) is 29.1 Å². The van der Waals surface area contributed by atoms with Gasteiger partial charge in [0, 0.05) is 55.2 Å².